The van der Waals surface area contributed by atoms with Gasteiger partial charge in [-0.05, 0) is 36.5 Å². The molecule has 0 spiro atoms. The van der Waals surface area contributed by atoms with Crippen LogP contribution in [0.5, 0.6) is 0 Å². The summed E-state index contributed by atoms with van der Waals surface area (Å²) in [6, 6.07) is 7.40. The first-order chi connectivity index (χ1) is 16.8. The van der Waals surface area contributed by atoms with Gasteiger partial charge in [0.05, 0.1) is 6.20 Å². The number of amides is 3. The number of nitrogens with zero attached hydrogens (tertiary/aromatic N) is 2. The van der Waals surface area contributed by atoms with Gasteiger partial charge in [0, 0.05) is 31.6 Å². The van der Waals surface area contributed by atoms with Gasteiger partial charge in [0.25, 0.3) is 0 Å². The number of carbonyl (C=O) groups is 4. The lowest BCUT2D eigenvalue weighted by atomic mass is 9.79. The molecule has 3 rings (SSSR count). The van der Waals surface area contributed by atoms with Crippen molar-refractivity contribution in [3.05, 3.63) is 42.1 Å². The van der Waals surface area contributed by atoms with Gasteiger partial charge in [-0.2, -0.15) is 5.10 Å². The Bertz CT molecular complexity index is 1040. The lowest BCUT2D eigenvalue weighted by Crippen LogP contribution is -2.42. The van der Waals surface area contributed by atoms with Gasteiger partial charge >= 0.3 is 5.97 Å². The predicted molar refractivity (Wildman–Crippen MR) is 131 cm³/mol. The van der Waals surface area contributed by atoms with Crippen LogP contribution >= 0.6 is 0 Å². The molecule has 1 aliphatic rings. The molecule has 0 bridgehead atoms. The summed E-state index contributed by atoms with van der Waals surface area (Å²) in [6.45, 7) is 1.66. The quantitative estimate of drug-likeness (QED) is 0.383. The Balaban J connectivity index is 1.69. The molecule has 1 aliphatic carbocycles. The zero-order valence-corrected chi connectivity index (χ0v) is 20.1. The third-order valence-electron chi connectivity index (χ3n) is 6.37. The van der Waals surface area contributed by atoms with Crippen LogP contribution in [-0.4, -0.2) is 44.6 Å². The van der Waals surface area contributed by atoms with Gasteiger partial charge < -0.3 is 21.1 Å². The number of aromatic nitrogens is 2. The van der Waals surface area contributed by atoms with Gasteiger partial charge in [-0.15, -0.1) is 0 Å². The fraction of sp³-hybridized carbons (Fsp3) is 0.480. The number of carboxylic acids is 1. The maximum Gasteiger partial charge on any atom is 0.326 e. The van der Waals surface area contributed by atoms with Gasteiger partial charge in [0.1, 0.15) is 17.8 Å². The number of rotatable bonds is 10. The number of nitrogens with one attached hydrogen (secondary N) is 3. The number of hydrogen-bond donors (Lipinski definition) is 4. The third-order valence-corrected chi connectivity index (χ3v) is 6.37. The minimum atomic E-state index is -1.11. The molecule has 35 heavy (non-hydrogen) atoms. The SMILES string of the molecule is CCC(=O)N[C@H](Cc1ccc(NC(=O)[C@@H](C(=O)Nc2ccnn2C)C2CCCCC2)cc1)C(=O)O. The number of anilines is 2. The van der Waals surface area contributed by atoms with Crippen LogP contribution in [0.3, 0.4) is 0 Å². The Hall–Kier alpha value is -3.69. The lowest BCUT2D eigenvalue weighted by molar-refractivity contribution is -0.141. The maximum atomic E-state index is 13.3. The second kappa shape index (κ2) is 12.1. The van der Waals surface area contributed by atoms with Crippen molar-refractivity contribution in [3.8, 4) is 0 Å². The number of aliphatic carboxylic acids is 1. The Morgan fingerprint density at radius 1 is 1.03 bits per heavy atom. The molecule has 0 radical (unpaired) electrons. The molecule has 10 heteroatoms. The second-order valence-electron chi connectivity index (χ2n) is 8.91. The van der Waals surface area contributed by atoms with Gasteiger partial charge in [-0.1, -0.05) is 38.3 Å². The van der Waals surface area contributed by atoms with E-state index in [4.69, 9.17) is 0 Å². The van der Waals surface area contributed by atoms with E-state index in [0.29, 0.717) is 17.1 Å². The number of hydrogen-bond acceptors (Lipinski definition) is 5. The van der Waals surface area contributed by atoms with Crippen LogP contribution in [-0.2, 0) is 32.6 Å². The predicted octanol–water partition coefficient (Wildman–Crippen LogP) is 2.72. The van der Waals surface area contributed by atoms with E-state index in [2.05, 4.69) is 21.0 Å². The summed E-state index contributed by atoms with van der Waals surface area (Å²) in [4.78, 5) is 49.5. The molecule has 1 heterocycles. The summed E-state index contributed by atoms with van der Waals surface area (Å²) in [5.41, 5.74) is 1.21. The minimum absolute atomic E-state index is 0.0465. The zero-order chi connectivity index (χ0) is 25.4. The van der Waals surface area contributed by atoms with Gasteiger partial charge in [0.2, 0.25) is 17.7 Å². The highest BCUT2D eigenvalue weighted by Crippen LogP contribution is 2.32. The number of carboxylic acid groups (broad SMARTS) is 1. The first-order valence-corrected chi connectivity index (χ1v) is 12.0. The molecule has 0 aliphatic heterocycles. The molecule has 4 N–H and O–H groups in total. The molecular weight excluding hydrogens is 450 g/mol. The van der Waals surface area contributed by atoms with E-state index in [0.717, 1.165) is 32.1 Å². The molecule has 0 saturated heterocycles. The van der Waals surface area contributed by atoms with Crippen LogP contribution in [0.25, 0.3) is 0 Å². The number of aryl methyl sites for hydroxylation is 1. The molecule has 1 aromatic carbocycles. The molecule has 1 fully saturated rings. The summed E-state index contributed by atoms with van der Waals surface area (Å²) < 4.78 is 1.54. The van der Waals surface area contributed by atoms with Crippen molar-refractivity contribution in [2.75, 3.05) is 10.6 Å². The second-order valence-corrected chi connectivity index (χ2v) is 8.91. The fourth-order valence-corrected chi connectivity index (χ4v) is 4.39. The van der Waals surface area contributed by atoms with Crippen molar-refractivity contribution in [1.29, 1.82) is 0 Å². The largest absolute Gasteiger partial charge is 0.480 e. The average molecular weight is 484 g/mol. The maximum absolute atomic E-state index is 13.3. The van der Waals surface area contributed by atoms with Crippen LogP contribution in [0.4, 0.5) is 11.5 Å². The molecule has 3 amide bonds. The van der Waals surface area contributed by atoms with Crippen LogP contribution in [0.2, 0.25) is 0 Å². The first-order valence-electron chi connectivity index (χ1n) is 12.0. The standard InChI is InChI=1S/C25H33N5O5/c1-3-21(31)28-19(25(34)35)15-16-9-11-18(12-10-16)27-23(32)22(17-7-5-4-6-8-17)24(33)29-20-13-14-26-30(20)2/h9-14,17,19,22H,3-8,15H2,1-2H3,(H,27,32)(H,28,31)(H,29,33)(H,34,35)/t19-,22+/m1/s1. The van der Waals surface area contributed by atoms with E-state index in [1.165, 1.54) is 0 Å². The summed E-state index contributed by atoms with van der Waals surface area (Å²) in [5.74, 6) is -2.54. The smallest absolute Gasteiger partial charge is 0.326 e. The normalized spacial score (nSPS) is 15.6. The Morgan fingerprint density at radius 2 is 1.69 bits per heavy atom. The van der Waals surface area contributed by atoms with Crippen LogP contribution in [0.1, 0.15) is 51.0 Å². The van der Waals surface area contributed by atoms with Gasteiger partial charge in [-0.25, -0.2) is 4.79 Å². The molecule has 1 aromatic heterocycles. The number of benzene rings is 1. The van der Waals surface area contributed by atoms with E-state index in [-0.39, 0.29) is 36.5 Å². The molecule has 2 aromatic rings. The lowest BCUT2D eigenvalue weighted by Gasteiger charge is -2.28. The van der Waals surface area contributed by atoms with Crippen molar-refractivity contribution >= 4 is 35.2 Å². The van der Waals surface area contributed by atoms with Crippen molar-refractivity contribution in [2.24, 2.45) is 18.9 Å². The first kappa shape index (κ1) is 25.9. The molecule has 188 valence electrons. The minimum Gasteiger partial charge on any atom is -0.480 e. The van der Waals surface area contributed by atoms with E-state index < -0.39 is 17.9 Å². The van der Waals surface area contributed by atoms with Crippen LogP contribution < -0.4 is 16.0 Å². The third kappa shape index (κ3) is 7.14. The highest BCUT2D eigenvalue weighted by Gasteiger charge is 2.36. The average Bonchev–Trinajstić information content (AvgIpc) is 3.24. The molecule has 2 atom stereocenters. The summed E-state index contributed by atoms with van der Waals surface area (Å²) in [5, 5.41) is 21.6. The Morgan fingerprint density at radius 3 is 2.26 bits per heavy atom. The topological polar surface area (TPSA) is 142 Å². The highest BCUT2D eigenvalue weighted by atomic mass is 16.4. The van der Waals surface area contributed by atoms with E-state index in [1.807, 2.05) is 0 Å². The van der Waals surface area contributed by atoms with Crippen molar-refractivity contribution in [3.63, 3.8) is 0 Å². The Kier molecular flexibility index (Phi) is 8.99. The van der Waals surface area contributed by atoms with Crippen LogP contribution in [0.15, 0.2) is 36.5 Å². The number of carbonyl (C=O) groups excluding carboxylic acids is 3. The monoisotopic (exact) mass is 483 g/mol. The summed E-state index contributed by atoms with van der Waals surface area (Å²) in [7, 11) is 1.72. The molecule has 1 saturated carbocycles. The fourth-order valence-electron chi connectivity index (χ4n) is 4.39. The summed E-state index contributed by atoms with van der Waals surface area (Å²) in [6.07, 6.45) is 6.61. The zero-order valence-electron chi connectivity index (χ0n) is 20.1. The van der Waals surface area contributed by atoms with Crippen molar-refractivity contribution < 1.29 is 24.3 Å². The van der Waals surface area contributed by atoms with Crippen molar-refractivity contribution in [1.82, 2.24) is 15.1 Å². The van der Waals surface area contributed by atoms with E-state index in [1.54, 1.807) is 55.2 Å². The molecule has 10 nitrogen and oxygen atoms in total. The van der Waals surface area contributed by atoms with E-state index in [9.17, 15) is 24.3 Å². The van der Waals surface area contributed by atoms with E-state index >= 15 is 0 Å². The van der Waals surface area contributed by atoms with Gasteiger partial charge in [0.15, 0.2) is 0 Å². The van der Waals surface area contributed by atoms with Gasteiger partial charge in [-0.3, -0.25) is 19.1 Å². The van der Waals surface area contributed by atoms with Crippen molar-refractivity contribution in [2.45, 2.75) is 57.9 Å². The molecule has 0 unspecified atom stereocenters. The Labute approximate surface area is 204 Å². The highest BCUT2D eigenvalue weighted by molar-refractivity contribution is 6.10. The molecular formula is C25H33N5O5. The summed E-state index contributed by atoms with van der Waals surface area (Å²) >= 11 is 0. The van der Waals surface area contributed by atoms with Crippen LogP contribution in [0, 0.1) is 11.8 Å².